The van der Waals surface area contributed by atoms with E-state index in [0.29, 0.717) is 39.1 Å². The van der Waals surface area contributed by atoms with Crippen LogP contribution in [0.3, 0.4) is 0 Å². The van der Waals surface area contributed by atoms with E-state index in [2.05, 4.69) is 20.6 Å². The molecule has 0 saturated heterocycles. The molecule has 1 aliphatic rings. The van der Waals surface area contributed by atoms with Gasteiger partial charge in [0.2, 0.25) is 5.91 Å². The number of methoxy groups -OCH3 is 1. The van der Waals surface area contributed by atoms with Crippen LogP contribution in [0.15, 0.2) is 79.1 Å². The monoisotopic (exact) mass is 589 g/mol. The van der Waals surface area contributed by atoms with Gasteiger partial charge in [-0.15, -0.1) is 0 Å². The Balaban J connectivity index is 1.46. The van der Waals surface area contributed by atoms with Gasteiger partial charge in [-0.1, -0.05) is 35.3 Å². The van der Waals surface area contributed by atoms with Crippen LogP contribution >= 0.6 is 23.2 Å². The molecule has 0 saturated carbocycles. The first-order valence-electron chi connectivity index (χ1n) is 12.7. The number of carbonyl (C=O) groups is 3. The Bertz CT molecular complexity index is 1620. The Kier molecular flexibility index (Phi) is 8.19. The zero-order valence-electron chi connectivity index (χ0n) is 22.1. The van der Waals surface area contributed by atoms with Crippen molar-refractivity contribution >= 4 is 52.4 Å². The van der Waals surface area contributed by atoms with Crippen LogP contribution in [0.2, 0.25) is 10.0 Å². The van der Waals surface area contributed by atoms with Crippen molar-refractivity contribution < 1.29 is 19.1 Å². The Labute approximate surface area is 246 Å². The van der Waals surface area contributed by atoms with Gasteiger partial charge >= 0.3 is 0 Å². The van der Waals surface area contributed by atoms with Crippen molar-refractivity contribution in [3.8, 4) is 5.75 Å². The summed E-state index contributed by atoms with van der Waals surface area (Å²) in [6.45, 7) is 1.81. The molecule has 4 aromatic rings. The van der Waals surface area contributed by atoms with Gasteiger partial charge < -0.3 is 20.3 Å². The van der Waals surface area contributed by atoms with Crippen molar-refractivity contribution in [1.82, 2.24) is 14.9 Å². The fourth-order valence-electron chi connectivity index (χ4n) is 4.68. The summed E-state index contributed by atoms with van der Waals surface area (Å²) in [5.74, 6) is -0.279. The number of anilines is 2. The molecule has 2 aromatic heterocycles. The van der Waals surface area contributed by atoms with E-state index in [4.69, 9.17) is 27.9 Å². The predicted octanol–water partition coefficient (Wildman–Crippen LogP) is 5.81. The summed E-state index contributed by atoms with van der Waals surface area (Å²) in [5, 5.41) is 6.14. The lowest BCUT2D eigenvalue weighted by Crippen LogP contribution is -2.47. The molecular formula is C30H25Cl2N5O4. The summed E-state index contributed by atoms with van der Waals surface area (Å²) in [4.78, 5) is 50.5. The minimum Gasteiger partial charge on any atom is -0.495 e. The van der Waals surface area contributed by atoms with Crippen molar-refractivity contribution in [3.05, 3.63) is 112 Å². The van der Waals surface area contributed by atoms with Crippen LogP contribution in [0.4, 0.5) is 11.5 Å². The smallest absolute Gasteiger partial charge is 0.258 e. The average Bonchev–Trinajstić information content (AvgIpc) is 3.06. The van der Waals surface area contributed by atoms with Crippen LogP contribution < -0.4 is 15.4 Å². The van der Waals surface area contributed by atoms with Gasteiger partial charge in [-0.25, -0.2) is 4.98 Å². The van der Waals surface area contributed by atoms with Gasteiger partial charge in [0, 0.05) is 23.3 Å². The van der Waals surface area contributed by atoms with Crippen LogP contribution in [0.5, 0.6) is 5.75 Å². The first-order valence-corrected chi connectivity index (χ1v) is 13.4. The number of nitrogens with one attached hydrogen (secondary N) is 2. The summed E-state index contributed by atoms with van der Waals surface area (Å²) in [7, 11) is 1.53. The summed E-state index contributed by atoms with van der Waals surface area (Å²) < 4.78 is 5.09. The Morgan fingerprint density at radius 1 is 1.07 bits per heavy atom. The molecule has 3 amide bonds. The minimum atomic E-state index is -0.888. The fraction of sp³-hybridized carbons (Fsp3) is 0.167. The standard InChI is InChI=1S/C30H25Cl2N5O4/c1-17(18-6-9-22(24(32)13-18)28(38)36-27-11-8-21(41-2)16-34-27)37-26(15-20-5-3-4-12-33-20)29(39)35-25-14-19(31)7-10-23(25)30(37)40/h3-14,16-17,26H,15H2,1-2H3,(H,35,39)(H,34,36,38)/t17?,26-/m1/s1. The topological polar surface area (TPSA) is 114 Å². The van der Waals surface area contributed by atoms with E-state index in [1.165, 1.54) is 18.2 Å². The lowest BCUT2D eigenvalue weighted by Gasteiger charge is -2.34. The number of halogens is 2. The van der Waals surface area contributed by atoms with E-state index < -0.39 is 18.0 Å². The number of nitrogens with zero attached hydrogens (tertiary/aromatic N) is 3. The Morgan fingerprint density at radius 3 is 2.59 bits per heavy atom. The van der Waals surface area contributed by atoms with Crippen LogP contribution in [0, 0.1) is 0 Å². The normalized spacial score (nSPS) is 15.4. The van der Waals surface area contributed by atoms with E-state index in [0.717, 1.165) is 0 Å². The van der Waals surface area contributed by atoms with Crippen molar-refractivity contribution in [1.29, 1.82) is 0 Å². The molecule has 5 rings (SSSR count). The van der Waals surface area contributed by atoms with Gasteiger partial charge in [0.05, 0.1) is 41.2 Å². The van der Waals surface area contributed by atoms with Crippen LogP contribution in [0.1, 0.15) is 44.9 Å². The zero-order valence-corrected chi connectivity index (χ0v) is 23.6. The number of ether oxygens (including phenoxy) is 1. The molecule has 2 atom stereocenters. The molecule has 0 fully saturated rings. The van der Waals surface area contributed by atoms with Gasteiger partial charge in [0.1, 0.15) is 17.6 Å². The second kappa shape index (κ2) is 12.0. The van der Waals surface area contributed by atoms with Gasteiger partial charge in [-0.05, 0) is 67.1 Å². The molecule has 1 unspecified atom stereocenters. The summed E-state index contributed by atoms with van der Waals surface area (Å²) in [5.41, 5.74) is 2.17. The van der Waals surface area contributed by atoms with Crippen molar-refractivity contribution in [3.63, 3.8) is 0 Å². The average molecular weight is 590 g/mol. The van der Waals surface area contributed by atoms with Crippen LogP contribution in [0.25, 0.3) is 0 Å². The number of amides is 3. The maximum absolute atomic E-state index is 14.0. The molecule has 0 radical (unpaired) electrons. The molecule has 2 N–H and O–H groups in total. The van der Waals surface area contributed by atoms with Gasteiger partial charge in [0.15, 0.2) is 0 Å². The highest BCUT2D eigenvalue weighted by molar-refractivity contribution is 6.34. The molecule has 0 aliphatic carbocycles. The lowest BCUT2D eigenvalue weighted by atomic mass is 9.99. The predicted molar refractivity (Wildman–Crippen MR) is 157 cm³/mol. The van der Waals surface area contributed by atoms with Gasteiger partial charge in [-0.3, -0.25) is 19.4 Å². The van der Waals surface area contributed by atoms with E-state index in [1.54, 1.807) is 66.9 Å². The first kappa shape index (κ1) is 28.1. The van der Waals surface area contributed by atoms with E-state index in [-0.39, 0.29) is 28.8 Å². The molecule has 3 heterocycles. The van der Waals surface area contributed by atoms with Crippen molar-refractivity contribution in [2.24, 2.45) is 0 Å². The maximum atomic E-state index is 14.0. The number of benzene rings is 2. The number of aromatic nitrogens is 2. The molecule has 0 bridgehead atoms. The Hall–Kier alpha value is -4.47. The van der Waals surface area contributed by atoms with Crippen molar-refractivity contribution in [2.75, 3.05) is 17.7 Å². The zero-order chi connectivity index (χ0) is 29.1. The minimum absolute atomic E-state index is 0.181. The third-order valence-corrected chi connectivity index (χ3v) is 7.37. The Morgan fingerprint density at radius 2 is 1.90 bits per heavy atom. The summed E-state index contributed by atoms with van der Waals surface area (Å²) in [6, 6.07) is 16.9. The molecule has 208 valence electrons. The molecular weight excluding hydrogens is 565 g/mol. The highest BCUT2D eigenvalue weighted by Crippen LogP contribution is 2.34. The molecule has 0 spiro atoms. The van der Waals surface area contributed by atoms with Gasteiger partial charge in [-0.2, -0.15) is 0 Å². The number of carbonyl (C=O) groups excluding carboxylic acids is 3. The number of hydrogen-bond acceptors (Lipinski definition) is 6. The fourth-order valence-corrected chi connectivity index (χ4v) is 5.12. The summed E-state index contributed by atoms with van der Waals surface area (Å²) >= 11 is 12.7. The lowest BCUT2D eigenvalue weighted by molar-refractivity contribution is -0.121. The third-order valence-electron chi connectivity index (χ3n) is 6.82. The van der Waals surface area contributed by atoms with E-state index in [1.807, 2.05) is 13.0 Å². The summed E-state index contributed by atoms with van der Waals surface area (Å²) in [6.07, 6.45) is 3.32. The van der Waals surface area contributed by atoms with Crippen LogP contribution in [-0.4, -0.2) is 45.7 Å². The third kappa shape index (κ3) is 6.01. The second-order valence-corrected chi connectivity index (χ2v) is 10.2. The van der Waals surface area contributed by atoms with E-state index in [9.17, 15) is 14.4 Å². The van der Waals surface area contributed by atoms with Gasteiger partial charge in [0.25, 0.3) is 11.8 Å². The first-order chi connectivity index (χ1) is 19.7. The molecule has 1 aliphatic heterocycles. The SMILES string of the molecule is COc1ccc(NC(=O)c2ccc(C(C)N3C(=O)c4ccc(Cl)cc4NC(=O)[C@H]3Cc3ccccn3)cc2Cl)nc1. The molecule has 2 aromatic carbocycles. The molecule has 11 heteroatoms. The molecule has 41 heavy (non-hydrogen) atoms. The number of hydrogen-bond donors (Lipinski definition) is 2. The molecule has 9 nitrogen and oxygen atoms in total. The highest BCUT2D eigenvalue weighted by atomic mass is 35.5. The van der Waals surface area contributed by atoms with E-state index >= 15 is 0 Å². The maximum Gasteiger partial charge on any atom is 0.258 e. The highest BCUT2D eigenvalue weighted by Gasteiger charge is 2.39. The quantitative estimate of drug-likeness (QED) is 0.281. The number of fused-ring (bicyclic) bond motifs is 1. The largest absolute Gasteiger partial charge is 0.495 e. The van der Waals surface area contributed by atoms with Crippen molar-refractivity contribution in [2.45, 2.75) is 25.4 Å². The second-order valence-electron chi connectivity index (χ2n) is 9.39. The number of rotatable bonds is 7. The van der Waals surface area contributed by atoms with Crippen LogP contribution in [-0.2, 0) is 11.2 Å². The number of pyridine rings is 2.